The van der Waals surface area contributed by atoms with Crippen LogP contribution in [-0.4, -0.2) is 57.7 Å². The highest BCUT2D eigenvalue weighted by Crippen LogP contribution is 2.14. The maximum absolute atomic E-state index is 11.6. The van der Waals surface area contributed by atoms with Crippen LogP contribution >= 0.6 is 0 Å². The number of rotatable bonds is 10. The molecule has 0 saturated heterocycles. The van der Waals surface area contributed by atoms with Crippen LogP contribution in [0, 0.1) is 0 Å². The second-order valence-corrected chi connectivity index (χ2v) is 8.05. The first-order chi connectivity index (χ1) is 11.9. The van der Waals surface area contributed by atoms with Gasteiger partial charge >= 0.3 is 0 Å². The topological polar surface area (TPSA) is 73.8 Å². The Bertz CT molecular complexity index is 617. The fourth-order valence-corrected chi connectivity index (χ4v) is 3.41. The Morgan fingerprint density at radius 3 is 2.44 bits per heavy atom. The Morgan fingerprint density at radius 2 is 1.88 bits per heavy atom. The number of benzene rings is 1. The summed E-state index contributed by atoms with van der Waals surface area (Å²) < 4.78 is 24.6. The Hall–Kier alpha value is -1.60. The van der Waals surface area contributed by atoms with Gasteiger partial charge in [-0.25, -0.2) is 12.7 Å². The van der Waals surface area contributed by atoms with Crippen molar-refractivity contribution in [2.24, 2.45) is 4.99 Å². The number of guanidine groups is 1. The third-order valence-corrected chi connectivity index (χ3v) is 5.31. The zero-order valence-corrected chi connectivity index (χ0v) is 16.6. The smallest absolute Gasteiger partial charge is 0.211 e. The van der Waals surface area contributed by atoms with Gasteiger partial charge in [0.2, 0.25) is 10.0 Å². The molecule has 0 saturated carbocycles. The minimum absolute atomic E-state index is 0.345. The molecule has 0 radical (unpaired) electrons. The first-order valence-corrected chi connectivity index (χ1v) is 10.8. The molecule has 1 atom stereocenters. The molecular formula is C18H32N4O2S. The van der Waals surface area contributed by atoms with Crippen LogP contribution in [0.2, 0.25) is 0 Å². The van der Waals surface area contributed by atoms with Crippen molar-refractivity contribution in [2.45, 2.75) is 33.1 Å². The van der Waals surface area contributed by atoms with Gasteiger partial charge in [-0.1, -0.05) is 44.2 Å². The van der Waals surface area contributed by atoms with Gasteiger partial charge in [0.1, 0.15) is 0 Å². The van der Waals surface area contributed by atoms with Gasteiger partial charge in [0, 0.05) is 38.6 Å². The van der Waals surface area contributed by atoms with Crippen molar-refractivity contribution in [1.29, 1.82) is 0 Å². The molecule has 1 rings (SSSR count). The molecule has 0 spiro atoms. The normalized spacial score (nSPS) is 13.7. The number of hydrogen-bond acceptors (Lipinski definition) is 3. The zero-order valence-electron chi connectivity index (χ0n) is 15.8. The Labute approximate surface area is 152 Å². The van der Waals surface area contributed by atoms with Gasteiger partial charge < -0.3 is 10.6 Å². The van der Waals surface area contributed by atoms with E-state index >= 15 is 0 Å². The molecule has 0 amide bonds. The lowest BCUT2D eigenvalue weighted by Gasteiger charge is -2.18. The third kappa shape index (κ3) is 8.36. The predicted octanol–water partition coefficient (Wildman–Crippen LogP) is 2.02. The van der Waals surface area contributed by atoms with E-state index in [-0.39, 0.29) is 0 Å². The van der Waals surface area contributed by atoms with Crippen LogP contribution < -0.4 is 10.6 Å². The standard InChI is InChI=1S/C18H32N4O2S/c1-5-19-18(20-13-10-14-22(6-2)25(4,23)24)21-15-16(3)17-11-8-7-9-12-17/h7-9,11-12,16H,5-6,10,13-15H2,1-4H3,(H2,19,20,21). The molecule has 142 valence electrons. The van der Waals surface area contributed by atoms with E-state index in [0.29, 0.717) is 32.1 Å². The lowest BCUT2D eigenvalue weighted by atomic mass is 10.0. The second kappa shape index (κ2) is 11.1. The largest absolute Gasteiger partial charge is 0.357 e. The molecule has 0 fully saturated rings. The molecule has 0 aliphatic carbocycles. The number of aliphatic imine (C=N–C) groups is 1. The monoisotopic (exact) mass is 368 g/mol. The van der Waals surface area contributed by atoms with Gasteiger partial charge in [-0.3, -0.25) is 4.99 Å². The Kier molecular flexibility index (Phi) is 9.52. The fraction of sp³-hybridized carbons (Fsp3) is 0.611. The van der Waals surface area contributed by atoms with Gasteiger partial charge in [-0.05, 0) is 18.9 Å². The average molecular weight is 369 g/mol. The van der Waals surface area contributed by atoms with Crippen molar-refractivity contribution >= 4 is 16.0 Å². The molecule has 0 aromatic heterocycles. The molecule has 7 heteroatoms. The van der Waals surface area contributed by atoms with Crippen molar-refractivity contribution in [2.75, 3.05) is 39.0 Å². The highest BCUT2D eigenvalue weighted by Gasteiger charge is 2.13. The van der Waals surface area contributed by atoms with Crippen molar-refractivity contribution in [1.82, 2.24) is 14.9 Å². The predicted molar refractivity (Wildman–Crippen MR) is 106 cm³/mol. The highest BCUT2D eigenvalue weighted by molar-refractivity contribution is 7.88. The van der Waals surface area contributed by atoms with Crippen LogP contribution in [0.1, 0.15) is 38.7 Å². The van der Waals surface area contributed by atoms with Gasteiger partial charge in [0.15, 0.2) is 5.96 Å². The summed E-state index contributed by atoms with van der Waals surface area (Å²) in [4.78, 5) is 4.64. The quantitative estimate of drug-likeness (QED) is 0.376. The number of nitrogens with zero attached hydrogens (tertiary/aromatic N) is 2. The number of sulfonamides is 1. The lowest BCUT2D eigenvalue weighted by molar-refractivity contribution is 0.424. The van der Waals surface area contributed by atoms with Gasteiger partial charge in [0.05, 0.1) is 6.26 Å². The van der Waals surface area contributed by atoms with Gasteiger partial charge in [0.25, 0.3) is 0 Å². The Balaban J connectivity index is 2.48. The summed E-state index contributed by atoms with van der Waals surface area (Å²) in [6, 6.07) is 10.3. The minimum Gasteiger partial charge on any atom is -0.357 e. The first kappa shape index (κ1) is 21.4. The van der Waals surface area contributed by atoms with E-state index in [2.05, 4.69) is 34.7 Å². The van der Waals surface area contributed by atoms with Crippen LogP contribution in [0.4, 0.5) is 0 Å². The number of nitrogens with one attached hydrogen (secondary N) is 2. The zero-order chi connectivity index (χ0) is 18.7. The molecule has 0 aliphatic rings. The lowest BCUT2D eigenvalue weighted by Crippen LogP contribution is -2.39. The van der Waals surface area contributed by atoms with Crippen LogP contribution in [0.5, 0.6) is 0 Å². The summed E-state index contributed by atoms with van der Waals surface area (Å²) in [7, 11) is -3.12. The molecule has 0 heterocycles. The van der Waals surface area contributed by atoms with Crippen molar-refractivity contribution in [3.05, 3.63) is 35.9 Å². The molecule has 1 aromatic carbocycles. The van der Waals surface area contributed by atoms with Gasteiger partial charge in [-0.2, -0.15) is 0 Å². The van der Waals surface area contributed by atoms with Crippen molar-refractivity contribution < 1.29 is 8.42 Å². The average Bonchev–Trinajstić information content (AvgIpc) is 2.58. The summed E-state index contributed by atoms with van der Waals surface area (Å²) >= 11 is 0. The van der Waals surface area contributed by atoms with Crippen LogP contribution in [-0.2, 0) is 10.0 Å². The van der Waals surface area contributed by atoms with Crippen LogP contribution in [0.15, 0.2) is 35.3 Å². The minimum atomic E-state index is -3.12. The van der Waals surface area contributed by atoms with E-state index in [1.807, 2.05) is 32.0 Å². The fourth-order valence-electron chi connectivity index (χ4n) is 2.48. The summed E-state index contributed by atoms with van der Waals surface area (Å²) in [5.74, 6) is 1.12. The second-order valence-electron chi connectivity index (χ2n) is 6.07. The van der Waals surface area contributed by atoms with E-state index in [1.54, 1.807) is 0 Å². The van der Waals surface area contributed by atoms with Crippen molar-refractivity contribution in [3.8, 4) is 0 Å². The van der Waals surface area contributed by atoms with Crippen LogP contribution in [0.3, 0.4) is 0 Å². The summed E-state index contributed by atoms with van der Waals surface area (Å²) in [5.41, 5.74) is 1.27. The summed E-state index contributed by atoms with van der Waals surface area (Å²) in [6.07, 6.45) is 1.99. The van der Waals surface area contributed by atoms with E-state index < -0.39 is 10.0 Å². The van der Waals surface area contributed by atoms with E-state index in [9.17, 15) is 8.42 Å². The summed E-state index contributed by atoms with van der Waals surface area (Å²) in [6.45, 7) is 9.22. The molecule has 2 N–H and O–H groups in total. The molecule has 25 heavy (non-hydrogen) atoms. The SMILES string of the molecule is CCNC(=NCC(C)c1ccccc1)NCCCN(CC)S(C)(=O)=O. The molecule has 0 aliphatic heterocycles. The Morgan fingerprint density at radius 1 is 1.20 bits per heavy atom. The summed E-state index contributed by atoms with van der Waals surface area (Å²) in [5, 5.41) is 6.50. The van der Waals surface area contributed by atoms with Crippen molar-refractivity contribution in [3.63, 3.8) is 0 Å². The van der Waals surface area contributed by atoms with Gasteiger partial charge in [-0.15, -0.1) is 0 Å². The molecule has 6 nitrogen and oxygen atoms in total. The van der Waals surface area contributed by atoms with E-state index in [4.69, 9.17) is 0 Å². The maximum Gasteiger partial charge on any atom is 0.211 e. The number of hydrogen-bond donors (Lipinski definition) is 2. The molecule has 0 bridgehead atoms. The molecule has 1 aromatic rings. The van der Waals surface area contributed by atoms with E-state index in [0.717, 1.165) is 18.9 Å². The molecular weight excluding hydrogens is 336 g/mol. The molecule has 1 unspecified atom stereocenters. The van der Waals surface area contributed by atoms with Crippen LogP contribution in [0.25, 0.3) is 0 Å². The maximum atomic E-state index is 11.6. The van der Waals surface area contributed by atoms with E-state index in [1.165, 1.54) is 16.1 Å². The first-order valence-electron chi connectivity index (χ1n) is 8.90. The highest BCUT2D eigenvalue weighted by atomic mass is 32.2. The third-order valence-electron chi connectivity index (χ3n) is 3.93.